The third kappa shape index (κ3) is 7.07. The average Bonchev–Trinajstić information content (AvgIpc) is 2.79. The predicted molar refractivity (Wildman–Crippen MR) is 124 cm³/mol. The summed E-state index contributed by atoms with van der Waals surface area (Å²) >= 11 is 0. The predicted octanol–water partition coefficient (Wildman–Crippen LogP) is 2.65. The quantitative estimate of drug-likeness (QED) is 0.607. The smallest absolute Gasteiger partial charge is 0.257 e. The molecule has 178 valence electrons. The van der Waals surface area contributed by atoms with Crippen molar-refractivity contribution in [2.75, 3.05) is 39.3 Å². The Kier molecular flexibility index (Phi) is 8.91. The normalized spacial score (nSPS) is 15.9. The summed E-state index contributed by atoms with van der Waals surface area (Å²) < 4.78 is 27.8. The molecule has 1 heterocycles. The Morgan fingerprint density at radius 2 is 1.52 bits per heavy atom. The zero-order chi connectivity index (χ0) is 23.8. The number of hydrogen-bond donors (Lipinski definition) is 2. The van der Waals surface area contributed by atoms with Gasteiger partial charge in [-0.3, -0.25) is 19.4 Å². The summed E-state index contributed by atoms with van der Waals surface area (Å²) in [5.74, 6) is -3.46. The molecule has 8 heteroatoms. The summed E-state index contributed by atoms with van der Waals surface area (Å²) in [6.45, 7) is 9.37. The molecule has 1 atom stereocenters. The van der Waals surface area contributed by atoms with Gasteiger partial charge in [-0.1, -0.05) is 50.2 Å². The molecule has 3 rings (SSSR count). The Balaban J connectivity index is 1.43. The van der Waals surface area contributed by atoms with E-state index in [1.165, 1.54) is 11.6 Å². The van der Waals surface area contributed by atoms with Gasteiger partial charge in [-0.2, -0.15) is 0 Å². The van der Waals surface area contributed by atoms with Gasteiger partial charge in [-0.15, -0.1) is 0 Å². The van der Waals surface area contributed by atoms with Crippen LogP contribution in [0.2, 0.25) is 0 Å². The maximum Gasteiger partial charge on any atom is 0.257 e. The van der Waals surface area contributed by atoms with Gasteiger partial charge < -0.3 is 10.6 Å². The van der Waals surface area contributed by atoms with Crippen LogP contribution < -0.4 is 10.6 Å². The highest BCUT2D eigenvalue weighted by atomic mass is 19.1. The lowest BCUT2D eigenvalue weighted by Gasteiger charge is -2.34. The average molecular weight is 459 g/mol. The van der Waals surface area contributed by atoms with Gasteiger partial charge >= 0.3 is 0 Å². The molecule has 1 saturated heterocycles. The number of halogens is 2. The molecule has 2 amide bonds. The van der Waals surface area contributed by atoms with Crippen molar-refractivity contribution in [3.63, 3.8) is 0 Å². The molecule has 1 fully saturated rings. The highest BCUT2D eigenvalue weighted by Crippen LogP contribution is 2.13. The number of carbonyl (C=O) groups excluding carboxylic acids is 2. The molecule has 2 N–H and O–H groups in total. The second kappa shape index (κ2) is 11.9. The van der Waals surface area contributed by atoms with Crippen molar-refractivity contribution in [3.8, 4) is 0 Å². The Bertz CT molecular complexity index is 911. The molecule has 33 heavy (non-hydrogen) atoms. The maximum absolute atomic E-state index is 13.9. The Labute approximate surface area is 194 Å². The van der Waals surface area contributed by atoms with E-state index < -0.39 is 29.1 Å². The summed E-state index contributed by atoms with van der Waals surface area (Å²) in [5.41, 5.74) is 0.625. The van der Waals surface area contributed by atoms with E-state index in [1.807, 2.05) is 18.2 Å². The minimum atomic E-state index is -0.957. The standard InChI is InChI=1S/C25H32F2N4O2/c1-18(2)23(29-24(32)22-20(26)9-6-10-21(22)27)25(33)28-11-12-30-13-15-31(16-14-30)17-19-7-4-3-5-8-19/h3-10,18,23H,11-17H2,1-2H3,(H,28,33)(H,29,32). The minimum Gasteiger partial charge on any atom is -0.353 e. The number of nitrogens with zero attached hydrogens (tertiary/aromatic N) is 2. The van der Waals surface area contributed by atoms with Crippen LogP contribution in [0.15, 0.2) is 48.5 Å². The van der Waals surface area contributed by atoms with Crippen LogP contribution in [0.3, 0.4) is 0 Å². The van der Waals surface area contributed by atoms with Crippen LogP contribution in [-0.2, 0) is 11.3 Å². The molecule has 0 saturated carbocycles. The van der Waals surface area contributed by atoms with Crippen molar-refractivity contribution in [1.82, 2.24) is 20.4 Å². The summed E-state index contributed by atoms with van der Waals surface area (Å²) in [7, 11) is 0. The lowest BCUT2D eigenvalue weighted by Crippen LogP contribution is -2.52. The fourth-order valence-electron chi connectivity index (χ4n) is 3.92. The SMILES string of the molecule is CC(C)C(NC(=O)c1c(F)cccc1F)C(=O)NCCN1CCN(Cc2ccccc2)CC1. The number of benzene rings is 2. The van der Waals surface area contributed by atoms with Gasteiger partial charge in [0.15, 0.2) is 0 Å². The number of piperazine rings is 1. The van der Waals surface area contributed by atoms with Crippen molar-refractivity contribution in [2.45, 2.75) is 26.4 Å². The van der Waals surface area contributed by atoms with E-state index >= 15 is 0 Å². The molecule has 0 spiro atoms. The van der Waals surface area contributed by atoms with Crippen LogP contribution in [-0.4, -0.2) is 66.9 Å². The second-order valence-corrected chi connectivity index (χ2v) is 8.69. The van der Waals surface area contributed by atoms with E-state index in [9.17, 15) is 18.4 Å². The lowest BCUT2D eigenvalue weighted by atomic mass is 10.0. The van der Waals surface area contributed by atoms with Crippen LogP contribution in [0.5, 0.6) is 0 Å². The van der Waals surface area contributed by atoms with Crippen LogP contribution in [0.4, 0.5) is 8.78 Å². The van der Waals surface area contributed by atoms with Gasteiger partial charge in [0.25, 0.3) is 5.91 Å². The number of nitrogens with one attached hydrogen (secondary N) is 2. The minimum absolute atomic E-state index is 0.245. The molecule has 0 aromatic heterocycles. The molecule has 0 radical (unpaired) electrons. The van der Waals surface area contributed by atoms with Crippen LogP contribution >= 0.6 is 0 Å². The molecular formula is C25H32F2N4O2. The zero-order valence-corrected chi connectivity index (χ0v) is 19.2. The molecule has 1 aliphatic heterocycles. The second-order valence-electron chi connectivity index (χ2n) is 8.69. The number of hydrogen-bond acceptors (Lipinski definition) is 4. The number of rotatable bonds is 9. The van der Waals surface area contributed by atoms with Crippen LogP contribution in [0, 0.1) is 17.6 Å². The van der Waals surface area contributed by atoms with Crippen LogP contribution in [0.25, 0.3) is 0 Å². The van der Waals surface area contributed by atoms with Gasteiger partial charge in [-0.25, -0.2) is 8.78 Å². The summed E-state index contributed by atoms with van der Waals surface area (Å²) in [6, 6.07) is 12.7. The van der Waals surface area contributed by atoms with E-state index in [0.29, 0.717) is 13.1 Å². The first-order valence-electron chi connectivity index (χ1n) is 11.4. The van der Waals surface area contributed by atoms with Gasteiger partial charge in [-0.05, 0) is 23.6 Å². The first-order chi connectivity index (χ1) is 15.8. The van der Waals surface area contributed by atoms with Crippen molar-refractivity contribution in [3.05, 3.63) is 71.3 Å². The van der Waals surface area contributed by atoms with E-state index in [1.54, 1.807) is 13.8 Å². The highest BCUT2D eigenvalue weighted by Gasteiger charge is 2.27. The third-order valence-corrected chi connectivity index (χ3v) is 5.87. The first-order valence-corrected chi connectivity index (χ1v) is 11.4. The molecule has 2 aromatic rings. The summed E-state index contributed by atoms with van der Waals surface area (Å²) in [4.78, 5) is 29.8. The largest absolute Gasteiger partial charge is 0.353 e. The number of amides is 2. The fraction of sp³-hybridized carbons (Fsp3) is 0.440. The fourth-order valence-corrected chi connectivity index (χ4v) is 3.92. The Hall–Kier alpha value is -2.84. The van der Waals surface area contributed by atoms with Gasteiger partial charge in [0.2, 0.25) is 5.91 Å². The number of carbonyl (C=O) groups is 2. The van der Waals surface area contributed by atoms with Crippen molar-refractivity contribution in [2.24, 2.45) is 5.92 Å². The maximum atomic E-state index is 13.9. The first kappa shape index (κ1) is 24.8. The molecule has 1 unspecified atom stereocenters. The van der Waals surface area contributed by atoms with E-state index in [2.05, 4.69) is 32.6 Å². The molecule has 2 aromatic carbocycles. The molecule has 0 aliphatic carbocycles. The van der Waals surface area contributed by atoms with Crippen molar-refractivity contribution >= 4 is 11.8 Å². The molecule has 0 bridgehead atoms. The summed E-state index contributed by atoms with van der Waals surface area (Å²) in [6.07, 6.45) is 0. The monoisotopic (exact) mass is 458 g/mol. The Morgan fingerprint density at radius 3 is 2.12 bits per heavy atom. The topological polar surface area (TPSA) is 64.7 Å². The highest BCUT2D eigenvalue weighted by molar-refractivity contribution is 5.98. The summed E-state index contributed by atoms with van der Waals surface area (Å²) in [5, 5.41) is 5.33. The van der Waals surface area contributed by atoms with Crippen molar-refractivity contribution in [1.29, 1.82) is 0 Å². The Morgan fingerprint density at radius 1 is 0.909 bits per heavy atom. The zero-order valence-electron chi connectivity index (χ0n) is 19.2. The van der Waals surface area contributed by atoms with Gasteiger partial charge in [0.1, 0.15) is 23.2 Å². The van der Waals surface area contributed by atoms with E-state index in [-0.39, 0.29) is 11.8 Å². The molecule has 6 nitrogen and oxygen atoms in total. The third-order valence-electron chi connectivity index (χ3n) is 5.87. The lowest BCUT2D eigenvalue weighted by molar-refractivity contribution is -0.124. The van der Waals surface area contributed by atoms with E-state index in [0.717, 1.165) is 44.9 Å². The van der Waals surface area contributed by atoms with Gasteiger partial charge in [0, 0.05) is 45.8 Å². The van der Waals surface area contributed by atoms with Crippen molar-refractivity contribution < 1.29 is 18.4 Å². The van der Waals surface area contributed by atoms with E-state index in [4.69, 9.17) is 0 Å². The molecular weight excluding hydrogens is 426 g/mol. The molecule has 1 aliphatic rings. The van der Waals surface area contributed by atoms with Gasteiger partial charge in [0.05, 0.1) is 0 Å². The van der Waals surface area contributed by atoms with Crippen LogP contribution in [0.1, 0.15) is 29.8 Å².